The molecule has 4 nitrogen and oxygen atoms in total. The van der Waals surface area contributed by atoms with E-state index >= 15 is 0 Å². The van der Waals surface area contributed by atoms with Gasteiger partial charge in [-0.3, -0.25) is 5.43 Å². The zero-order chi connectivity index (χ0) is 13.1. The Labute approximate surface area is 115 Å². The molecule has 18 heavy (non-hydrogen) atoms. The third-order valence-corrected chi connectivity index (χ3v) is 3.59. The van der Waals surface area contributed by atoms with E-state index in [0.717, 1.165) is 16.7 Å². The standard InChI is InChI=1S/C12H13ClN4S/c1-7-3-8(2)11(13)9(4-7)5-15-17-12-16-10(14)6-18-12/h3-6H,14H2,1-2H3,(H,16,17). The van der Waals surface area contributed by atoms with Gasteiger partial charge in [-0.05, 0) is 25.5 Å². The molecule has 3 N–H and O–H groups in total. The maximum absolute atomic E-state index is 6.20. The van der Waals surface area contributed by atoms with Gasteiger partial charge in [0.05, 0.1) is 11.2 Å². The second-order valence-electron chi connectivity index (χ2n) is 3.93. The predicted octanol–water partition coefficient (Wildman–Crippen LogP) is 3.44. The first kappa shape index (κ1) is 12.9. The molecule has 6 heteroatoms. The molecular formula is C12H13ClN4S. The van der Waals surface area contributed by atoms with Crippen LogP contribution >= 0.6 is 22.9 Å². The number of hydrazone groups is 1. The van der Waals surface area contributed by atoms with E-state index in [9.17, 15) is 0 Å². The predicted molar refractivity (Wildman–Crippen MR) is 78.7 cm³/mol. The van der Waals surface area contributed by atoms with Crippen LogP contribution in [-0.2, 0) is 0 Å². The van der Waals surface area contributed by atoms with Crippen LogP contribution in [0.15, 0.2) is 22.6 Å². The number of halogens is 1. The number of hydrogen-bond acceptors (Lipinski definition) is 5. The van der Waals surface area contributed by atoms with Crippen molar-refractivity contribution in [2.45, 2.75) is 13.8 Å². The van der Waals surface area contributed by atoms with Crippen molar-refractivity contribution in [3.8, 4) is 0 Å². The highest BCUT2D eigenvalue weighted by Crippen LogP contribution is 2.21. The number of nitrogens with zero attached hydrogens (tertiary/aromatic N) is 2. The van der Waals surface area contributed by atoms with Gasteiger partial charge in [-0.1, -0.05) is 23.2 Å². The summed E-state index contributed by atoms with van der Waals surface area (Å²) in [6.45, 7) is 4.00. The molecule has 0 atom stereocenters. The number of nitrogen functional groups attached to an aromatic ring is 1. The van der Waals surface area contributed by atoms with Crippen molar-refractivity contribution in [3.63, 3.8) is 0 Å². The lowest BCUT2D eigenvalue weighted by Crippen LogP contribution is -1.93. The van der Waals surface area contributed by atoms with Crippen molar-refractivity contribution in [2.24, 2.45) is 5.10 Å². The summed E-state index contributed by atoms with van der Waals surface area (Å²) in [5.41, 5.74) is 11.4. The lowest BCUT2D eigenvalue weighted by atomic mass is 10.1. The molecule has 0 amide bonds. The monoisotopic (exact) mass is 280 g/mol. The molecule has 0 aliphatic carbocycles. The van der Waals surface area contributed by atoms with Crippen molar-refractivity contribution in [1.29, 1.82) is 0 Å². The maximum atomic E-state index is 6.20. The molecule has 1 aromatic heterocycles. The van der Waals surface area contributed by atoms with E-state index in [1.54, 1.807) is 11.6 Å². The average molecular weight is 281 g/mol. The van der Waals surface area contributed by atoms with Crippen molar-refractivity contribution in [1.82, 2.24) is 4.98 Å². The number of nitrogens with one attached hydrogen (secondary N) is 1. The summed E-state index contributed by atoms with van der Waals surface area (Å²) in [6, 6.07) is 4.02. The maximum Gasteiger partial charge on any atom is 0.205 e. The number of aromatic nitrogens is 1. The SMILES string of the molecule is Cc1cc(C)c(Cl)c(C=NNc2nc(N)cs2)c1. The van der Waals surface area contributed by atoms with Crippen molar-refractivity contribution >= 4 is 40.1 Å². The molecule has 0 fully saturated rings. The minimum Gasteiger partial charge on any atom is -0.383 e. The second-order valence-corrected chi connectivity index (χ2v) is 5.17. The topological polar surface area (TPSA) is 63.3 Å². The molecule has 0 saturated heterocycles. The summed E-state index contributed by atoms with van der Waals surface area (Å²) < 4.78 is 0. The molecule has 0 aliphatic heterocycles. The van der Waals surface area contributed by atoms with E-state index in [0.29, 0.717) is 16.0 Å². The molecular weight excluding hydrogens is 268 g/mol. The highest BCUT2D eigenvalue weighted by Gasteiger charge is 2.02. The largest absolute Gasteiger partial charge is 0.383 e. The molecule has 0 saturated carbocycles. The number of hydrogen-bond donors (Lipinski definition) is 2. The molecule has 0 radical (unpaired) electrons. The van der Waals surface area contributed by atoms with Crippen LogP contribution in [0.1, 0.15) is 16.7 Å². The van der Waals surface area contributed by atoms with Crippen LogP contribution in [0.3, 0.4) is 0 Å². The lowest BCUT2D eigenvalue weighted by Gasteiger charge is -2.04. The third-order valence-electron chi connectivity index (χ3n) is 2.31. The second kappa shape index (κ2) is 5.37. The van der Waals surface area contributed by atoms with E-state index in [1.807, 2.05) is 26.0 Å². The minimum absolute atomic E-state index is 0.488. The Balaban J connectivity index is 2.14. The van der Waals surface area contributed by atoms with Crippen LogP contribution < -0.4 is 11.2 Å². The Kier molecular flexibility index (Phi) is 3.84. The highest BCUT2D eigenvalue weighted by molar-refractivity contribution is 7.14. The van der Waals surface area contributed by atoms with Gasteiger partial charge >= 0.3 is 0 Å². The van der Waals surface area contributed by atoms with Crippen LogP contribution in [0.5, 0.6) is 0 Å². The number of benzene rings is 1. The summed E-state index contributed by atoms with van der Waals surface area (Å²) >= 11 is 7.60. The zero-order valence-corrected chi connectivity index (χ0v) is 11.6. The Morgan fingerprint density at radius 1 is 1.44 bits per heavy atom. The first-order valence-corrected chi connectivity index (χ1v) is 6.59. The number of anilines is 2. The van der Waals surface area contributed by atoms with Crippen molar-refractivity contribution in [2.75, 3.05) is 11.2 Å². The molecule has 1 heterocycles. The molecule has 2 aromatic rings. The van der Waals surface area contributed by atoms with Crippen molar-refractivity contribution < 1.29 is 0 Å². The van der Waals surface area contributed by atoms with Crippen LogP contribution in [0, 0.1) is 13.8 Å². The van der Waals surface area contributed by atoms with Gasteiger partial charge in [0.1, 0.15) is 5.82 Å². The molecule has 2 rings (SSSR count). The van der Waals surface area contributed by atoms with E-state index in [-0.39, 0.29) is 0 Å². The Morgan fingerprint density at radius 2 is 2.22 bits per heavy atom. The number of rotatable bonds is 3. The van der Waals surface area contributed by atoms with Crippen LogP contribution in [0.4, 0.5) is 10.9 Å². The Hall–Kier alpha value is -1.59. The Bertz CT molecular complexity index is 592. The normalized spacial score (nSPS) is 11.1. The minimum atomic E-state index is 0.488. The smallest absolute Gasteiger partial charge is 0.205 e. The fraction of sp³-hybridized carbons (Fsp3) is 0.167. The quantitative estimate of drug-likeness (QED) is 0.669. The number of nitrogens with two attached hydrogens (primary N) is 1. The first-order chi connectivity index (χ1) is 8.56. The summed E-state index contributed by atoms with van der Waals surface area (Å²) in [5, 5.41) is 7.22. The van der Waals surface area contributed by atoms with Gasteiger partial charge in [0.2, 0.25) is 5.13 Å². The van der Waals surface area contributed by atoms with Gasteiger partial charge in [0, 0.05) is 10.9 Å². The van der Waals surface area contributed by atoms with Crippen molar-refractivity contribution in [3.05, 3.63) is 39.2 Å². The molecule has 0 unspecified atom stereocenters. The molecule has 0 aliphatic rings. The molecule has 0 spiro atoms. The molecule has 1 aromatic carbocycles. The zero-order valence-electron chi connectivity index (χ0n) is 10.1. The van der Waals surface area contributed by atoms with Crippen LogP contribution in [0.25, 0.3) is 0 Å². The fourth-order valence-corrected chi connectivity index (χ4v) is 2.28. The van der Waals surface area contributed by atoms with Gasteiger partial charge in [-0.25, -0.2) is 4.98 Å². The van der Waals surface area contributed by atoms with Crippen LogP contribution in [-0.4, -0.2) is 11.2 Å². The number of aryl methyl sites for hydroxylation is 2. The average Bonchev–Trinajstić information content (AvgIpc) is 2.71. The van der Waals surface area contributed by atoms with Gasteiger partial charge in [0.25, 0.3) is 0 Å². The summed E-state index contributed by atoms with van der Waals surface area (Å²) in [7, 11) is 0. The first-order valence-electron chi connectivity index (χ1n) is 5.33. The van der Waals surface area contributed by atoms with E-state index in [1.165, 1.54) is 11.3 Å². The highest BCUT2D eigenvalue weighted by atomic mass is 35.5. The van der Waals surface area contributed by atoms with Gasteiger partial charge < -0.3 is 5.73 Å². The van der Waals surface area contributed by atoms with Gasteiger partial charge in [0.15, 0.2) is 0 Å². The fourth-order valence-electron chi connectivity index (χ4n) is 1.57. The van der Waals surface area contributed by atoms with E-state index < -0.39 is 0 Å². The van der Waals surface area contributed by atoms with Gasteiger partial charge in [-0.15, -0.1) is 11.3 Å². The van der Waals surface area contributed by atoms with E-state index in [2.05, 4.69) is 15.5 Å². The lowest BCUT2D eigenvalue weighted by molar-refractivity contribution is 1.29. The Morgan fingerprint density at radius 3 is 2.89 bits per heavy atom. The van der Waals surface area contributed by atoms with E-state index in [4.69, 9.17) is 17.3 Å². The number of thiazole rings is 1. The molecule has 0 bridgehead atoms. The summed E-state index contributed by atoms with van der Waals surface area (Å²) in [6.07, 6.45) is 1.68. The van der Waals surface area contributed by atoms with Crippen LogP contribution in [0.2, 0.25) is 5.02 Å². The summed E-state index contributed by atoms with van der Waals surface area (Å²) in [4.78, 5) is 4.04. The third kappa shape index (κ3) is 3.00. The molecule has 94 valence electrons. The van der Waals surface area contributed by atoms with Gasteiger partial charge in [-0.2, -0.15) is 5.10 Å². The summed E-state index contributed by atoms with van der Waals surface area (Å²) in [5.74, 6) is 0.488.